The summed E-state index contributed by atoms with van der Waals surface area (Å²) >= 11 is 0. The SMILES string of the molecule is CC[C@@H]1Cc2c(F)cccc2CN1CC12CC3CC(CC(C3)C1)C2. The maximum absolute atomic E-state index is 14.2. The fourth-order valence-electron chi connectivity index (χ4n) is 7.19. The molecule has 0 spiro atoms. The first-order valence-corrected chi connectivity index (χ1v) is 10.1. The third-order valence-electron chi connectivity index (χ3n) is 7.72. The fourth-order valence-corrected chi connectivity index (χ4v) is 7.19. The largest absolute Gasteiger partial charge is 0.295 e. The van der Waals surface area contributed by atoms with Gasteiger partial charge in [0.15, 0.2) is 0 Å². The quantitative estimate of drug-likeness (QED) is 0.739. The lowest BCUT2D eigenvalue weighted by atomic mass is 9.49. The van der Waals surface area contributed by atoms with Crippen molar-refractivity contribution in [2.45, 2.75) is 70.9 Å². The molecule has 4 aliphatic carbocycles. The lowest BCUT2D eigenvalue weighted by molar-refractivity contribution is -0.0773. The Morgan fingerprint density at radius 1 is 1.08 bits per heavy atom. The minimum atomic E-state index is 0.0143. The number of nitrogens with zero attached hydrogens (tertiary/aromatic N) is 1. The molecule has 1 heterocycles. The molecule has 4 bridgehead atoms. The Kier molecular flexibility index (Phi) is 3.56. The Labute approximate surface area is 145 Å². The predicted molar refractivity (Wildman–Crippen MR) is 95.2 cm³/mol. The van der Waals surface area contributed by atoms with E-state index in [4.69, 9.17) is 0 Å². The highest BCUT2D eigenvalue weighted by molar-refractivity contribution is 5.31. The second-order valence-electron chi connectivity index (χ2n) is 9.47. The minimum Gasteiger partial charge on any atom is -0.295 e. The van der Waals surface area contributed by atoms with E-state index in [2.05, 4.69) is 17.9 Å². The smallest absolute Gasteiger partial charge is 0.126 e. The summed E-state index contributed by atoms with van der Waals surface area (Å²) in [6.07, 6.45) is 11.0. The molecule has 130 valence electrons. The van der Waals surface area contributed by atoms with Gasteiger partial charge in [0.25, 0.3) is 0 Å². The molecule has 0 radical (unpaired) electrons. The summed E-state index contributed by atoms with van der Waals surface area (Å²) in [5.74, 6) is 3.07. The molecular weight excluding hydrogens is 297 g/mol. The van der Waals surface area contributed by atoms with Crippen LogP contribution >= 0.6 is 0 Å². The summed E-state index contributed by atoms with van der Waals surface area (Å²) in [5.41, 5.74) is 2.82. The van der Waals surface area contributed by atoms with Gasteiger partial charge in [0.1, 0.15) is 5.82 Å². The third kappa shape index (κ3) is 2.44. The van der Waals surface area contributed by atoms with Crippen molar-refractivity contribution in [2.24, 2.45) is 23.2 Å². The van der Waals surface area contributed by atoms with E-state index in [0.717, 1.165) is 42.7 Å². The van der Waals surface area contributed by atoms with Crippen LogP contribution in [0.2, 0.25) is 0 Å². The highest BCUT2D eigenvalue weighted by atomic mass is 19.1. The second-order valence-corrected chi connectivity index (χ2v) is 9.47. The van der Waals surface area contributed by atoms with Gasteiger partial charge in [0.05, 0.1) is 0 Å². The van der Waals surface area contributed by atoms with Crippen molar-refractivity contribution in [1.29, 1.82) is 0 Å². The minimum absolute atomic E-state index is 0.0143. The van der Waals surface area contributed by atoms with Gasteiger partial charge in [-0.3, -0.25) is 4.90 Å². The number of halogens is 1. The van der Waals surface area contributed by atoms with Gasteiger partial charge >= 0.3 is 0 Å². The molecule has 0 N–H and O–H groups in total. The number of hydrogen-bond donors (Lipinski definition) is 0. The zero-order valence-corrected chi connectivity index (χ0v) is 14.9. The highest BCUT2D eigenvalue weighted by Gasteiger charge is 2.51. The summed E-state index contributed by atoms with van der Waals surface area (Å²) in [4.78, 5) is 2.73. The molecule has 5 aliphatic rings. The van der Waals surface area contributed by atoms with Gasteiger partial charge in [-0.25, -0.2) is 4.39 Å². The average Bonchev–Trinajstić information content (AvgIpc) is 2.53. The lowest BCUT2D eigenvalue weighted by Gasteiger charge is -2.58. The van der Waals surface area contributed by atoms with E-state index in [-0.39, 0.29) is 5.82 Å². The van der Waals surface area contributed by atoms with Crippen molar-refractivity contribution in [1.82, 2.24) is 4.90 Å². The summed E-state index contributed by atoms with van der Waals surface area (Å²) in [6.45, 7) is 4.52. The van der Waals surface area contributed by atoms with Gasteiger partial charge in [-0.15, -0.1) is 0 Å². The van der Waals surface area contributed by atoms with E-state index in [0.29, 0.717) is 11.5 Å². The Morgan fingerprint density at radius 3 is 2.38 bits per heavy atom. The van der Waals surface area contributed by atoms with Crippen molar-refractivity contribution < 1.29 is 4.39 Å². The molecule has 1 atom stereocenters. The molecule has 1 aromatic carbocycles. The zero-order valence-electron chi connectivity index (χ0n) is 14.9. The molecule has 4 fully saturated rings. The summed E-state index contributed by atoms with van der Waals surface area (Å²) in [5, 5.41) is 0. The maximum atomic E-state index is 14.2. The van der Waals surface area contributed by atoms with Crippen LogP contribution in [0.15, 0.2) is 18.2 Å². The average molecular weight is 327 g/mol. The van der Waals surface area contributed by atoms with E-state index in [1.165, 1.54) is 50.6 Å². The second kappa shape index (κ2) is 5.56. The van der Waals surface area contributed by atoms with Crippen LogP contribution in [0.25, 0.3) is 0 Å². The molecule has 0 amide bonds. The predicted octanol–water partition coefficient (Wildman–Crippen LogP) is 5.18. The van der Waals surface area contributed by atoms with E-state index in [1.807, 2.05) is 6.07 Å². The molecule has 0 aromatic heterocycles. The monoisotopic (exact) mass is 327 g/mol. The van der Waals surface area contributed by atoms with Crippen molar-refractivity contribution in [3.05, 3.63) is 35.1 Å². The molecule has 0 saturated heterocycles. The molecule has 2 heteroatoms. The van der Waals surface area contributed by atoms with E-state index in [1.54, 1.807) is 6.07 Å². The summed E-state index contributed by atoms with van der Waals surface area (Å²) in [7, 11) is 0. The first-order valence-electron chi connectivity index (χ1n) is 10.1. The standard InChI is InChI=1S/C22H30FN/c1-2-19-9-20-18(4-3-5-21(20)23)13-24(19)14-22-10-15-6-16(11-22)8-17(7-15)12-22/h3-5,15-17,19H,2,6-14H2,1H3/t15?,16?,17?,19-,22?/m1/s1. The van der Waals surface area contributed by atoms with Crippen molar-refractivity contribution in [2.75, 3.05) is 6.54 Å². The third-order valence-corrected chi connectivity index (χ3v) is 7.72. The van der Waals surface area contributed by atoms with Crippen LogP contribution in [-0.4, -0.2) is 17.5 Å². The highest BCUT2D eigenvalue weighted by Crippen LogP contribution is 2.60. The van der Waals surface area contributed by atoms with Gasteiger partial charge in [-0.2, -0.15) is 0 Å². The number of benzene rings is 1. The Balaban J connectivity index is 1.40. The molecule has 1 aromatic rings. The van der Waals surface area contributed by atoms with Crippen LogP contribution in [0.4, 0.5) is 4.39 Å². The topological polar surface area (TPSA) is 3.24 Å². The summed E-state index contributed by atoms with van der Waals surface area (Å²) < 4.78 is 14.2. The van der Waals surface area contributed by atoms with Crippen LogP contribution in [0.1, 0.15) is 63.0 Å². The molecule has 1 nitrogen and oxygen atoms in total. The molecule has 24 heavy (non-hydrogen) atoms. The number of fused-ring (bicyclic) bond motifs is 1. The molecule has 4 saturated carbocycles. The van der Waals surface area contributed by atoms with Gasteiger partial charge in [0, 0.05) is 19.1 Å². The van der Waals surface area contributed by atoms with Crippen molar-refractivity contribution >= 4 is 0 Å². The number of rotatable bonds is 3. The van der Waals surface area contributed by atoms with Gasteiger partial charge in [-0.1, -0.05) is 19.1 Å². The van der Waals surface area contributed by atoms with Gasteiger partial charge in [-0.05, 0) is 91.7 Å². The van der Waals surface area contributed by atoms with E-state index >= 15 is 0 Å². The molecule has 0 unspecified atom stereocenters. The Hall–Kier alpha value is -0.890. The zero-order chi connectivity index (χ0) is 16.3. The van der Waals surface area contributed by atoms with Gasteiger partial charge in [0.2, 0.25) is 0 Å². The summed E-state index contributed by atoms with van der Waals surface area (Å²) in [6, 6.07) is 6.21. The first kappa shape index (κ1) is 15.4. The van der Waals surface area contributed by atoms with Crippen molar-refractivity contribution in [3.63, 3.8) is 0 Å². The van der Waals surface area contributed by atoms with E-state index in [9.17, 15) is 4.39 Å². The fraction of sp³-hybridized carbons (Fsp3) is 0.727. The van der Waals surface area contributed by atoms with Crippen molar-refractivity contribution in [3.8, 4) is 0 Å². The van der Waals surface area contributed by atoms with Gasteiger partial charge < -0.3 is 0 Å². The molecular formula is C22H30FN. The maximum Gasteiger partial charge on any atom is 0.126 e. The Morgan fingerprint density at radius 2 is 1.75 bits per heavy atom. The van der Waals surface area contributed by atoms with Crippen LogP contribution in [0.3, 0.4) is 0 Å². The molecule has 1 aliphatic heterocycles. The molecule has 6 rings (SSSR count). The normalized spacial score (nSPS) is 40.8. The lowest BCUT2D eigenvalue weighted by Crippen LogP contribution is -2.53. The Bertz CT molecular complexity index is 602. The number of hydrogen-bond acceptors (Lipinski definition) is 1. The van der Waals surface area contributed by atoms with Crippen LogP contribution < -0.4 is 0 Å². The first-order chi connectivity index (χ1) is 11.6. The van der Waals surface area contributed by atoms with Crippen LogP contribution in [-0.2, 0) is 13.0 Å². The van der Waals surface area contributed by atoms with E-state index < -0.39 is 0 Å². The van der Waals surface area contributed by atoms with Crippen LogP contribution in [0, 0.1) is 29.0 Å². The van der Waals surface area contributed by atoms with Crippen LogP contribution in [0.5, 0.6) is 0 Å².